The Bertz CT molecular complexity index is 773. The molecule has 6 nitrogen and oxygen atoms in total. The number of thiazole rings is 1. The Kier molecular flexibility index (Phi) is 2.73. The molecule has 0 radical (unpaired) electrons. The summed E-state index contributed by atoms with van der Waals surface area (Å²) >= 11 is 2.60. The molecule has 0 aliphatic heterocycles. The molecule has 0 spiro atoms. The summed E-state index contributed by atoms with van der Waals surface area (Å²) in [5.74, 6) is 0. The van der Waals surface area contributed by atoms with E-state index in [1.807, 2.05) is 5.38 Å². The molecule has 3 aromatic heterocycles. The van der Waals surface area contributed by atoms with Crippen LogP contribution in [0.3, 0.4) is 0 Å². The lowest BCUT2D eigenvalue weighted by Gasteiger charge is -1.96. The Balaban J connectivity index is 2.06. The van der Waals surface area contributed by atoms with Gasteiger partial charge in [0.2, 0.25) is 0 Å². The molecule has 0 atom stereocenters. The summed E-state index contributed by atoms with van der Waals surface area (Å²) in [6, 6.07) is 1.33. The number of hydrogen-bond donors (Lipinski definition) is 1. The summed E-state index contributed by atoms with van der Waals surface area (Å²) in [6.45, 7) is 0. The minimum Gasteiger partial charge on any atom is -0.301 e. The molecule has 0 amide bonds. The first kappa shape index (κ1) is 11.2. The number of hydrogen-bond acceptors (Lipinski definition) is 6. The fourth-order valence-corrected chi connectivity index (χ4v) is 3.07. The second kappa shape index (κ2) is 4.39. The lowest BCUT2D eigenvalue weighted by Crippen LogP contribution is -2.05. The van der Waals surface area contributed by atoms with Gasteiger partial charge < -0.3 is 4.98 Å². The zero-order valence-electron chi connectivity index (χ0n) is 8.86. The minimum absolute atomic E-state index is 0.235. The number of fused-ring (bicyclic) bond motifs is 1. The molecule has 3 aromatic rings. The monoisotopic (exact) mass is 278 g/mol. The number of imidazole rings is 1. The Morgan fingerprint density at radius 1 is 1.50 bits per heavy atom. The third kappa shape index (κ3) is 1.85. The van der Waals surface area contributed by atoms with E-state index in [4.69, 9.17) is 0 Å². The van der Waals surface area contributed by atoms with Gasteiger partial charge in [-0.25, -0.2) is 9.97 Å². The van der Waals surface area contributed by atoms with E-state index in [9.17, 15) is 9.59 Å². The van der Waals surface area contributed by atoms with E-state index in [0.717, 1.165) is 23.0 Å². The van der Waals surface area contributed by atoms with E-state index in [-0.39, 0.29) is 5.56 Å². The number of aldehydes is 1. The van der Waals surface area contributed by atoms with E-state index in [0.29, 0.717) is 15.9 Å². The van der Waals surface area contributed by atoms with Crippen molar-refractivity contribution in [2.24, 2.45) is 0 Å². The summed E-state index contributed by atoms with van der Waals surface area (Å²) in [5.41, 5.74) is 0.226. The van der Waals surface area contributed by atoms with Gasteiger partial charge in [-0.15, -0.1) is 11.3 Å². The first-order chi connectivity index (χ1) is 8.78. The molecule has 1 N–H and O–H groups in total. The smallest absolute Gasteiger partial charge is 0.251 e. The van der Waals surface area contributed by atoms with Gasteiger partial charge in [0.25, 0.3) is 5.56 Å². The van der Waals surface area contributed by atoms with Crippen molar-refractivity contribution < 1.29 is 4.79 Å². The van der Waals surface area contributed by atoms with E-state index < -0.39 is 0 Å². The third-order valence-electron chi connectivity index (χ3n) is 2.22. The highest BCUT2D eigenvalue weighted by molar-refractivity contribution is 7.99. The van der Waals surface area contributed by atoms with Crippen LogP contribution >= 0.6 is 23.1 Å². The zero-order valence-corrected chi connectivity index (χ0v) is 10.5. The zero-order chi connectivity index (χ0) is 12.5. The van der Waals surface area contributed by atoms with Crippen LogP contribution in [0.15, 0.2) is 38.8 Å². The number of rotatable bonds is 3. The van der Waals surface area contributed by atoms with E-state index in [2.05, 4.69) is 15.0 Å². The SMILES string of the molecule is O=Cc1c(Sc2nccc(=O)[nH]2)nc2sccn12. The largest absolute Gasteiger partial charge is 0.301 e. The second-order valence-corrected chi connectivity index (χ2v) is 5.17. The highest BCUT2D eigenvalue weighted by Crippen LogP contribution is 2.28. The summed E-state index contributed by atoms with van der Waals surface area (Å²) < 4.78 is 1.71. The van der Waals surface area contributed by atoms with Gasteiger partial charge in [0.15, 0.2) is 16.4 Å². The Hall–Kier alpha value is -1.93. The van der Waals surface area contributed by atoms with Crippen molar-refractivity contribution >= 4 is 34.3 Å². The van der Waals surface area contributed by atoms with Gasteiger partial charge in [0, 0.05) is 23.8 Å². The molecular formula is C10H6N4O2S2. The van der Waals surface area contributed by atoms with Crippen LogP contribution in [-0.2, 0) is 0 Å². The number of carbonyl (C=O) groups excluding carboxylic acids is 1. The van der Waals surface area contributed by atoms with Gasteiger partial charge in [-0.05, 0) is 11.8 Å². The standard InChI is InChI=1S/C10H6N4O2S2/c15-5-6-8(13-10-14(6)3-4-17-10)18-9-11-2-1-7(16)12-9/h1-5H,(H,11,12,16). The minimum atomic E-state index is -0.235. The molecule has 3 rings (SSSR count). The molecule has 0 fully saturated rings. The van der Waals surface area contributed by atoms with Crippen molar-refractivity contribution in [3.05, 3.63) is 39.9 Å². The van der Waals surface area contributed by atoms with Crippen LogP contribution in [0, 0.1) is 0 Å². The molecule has 0 aromatic carbocycles. The maximum Gasteiger partial charge on any atom is 0.251 e. The van der Waals surface area contributed by atoms with Crippen molar-refractivity contribution in [1.82, 2.24) is 19.4 Å². The molecule has 18 heavy (non-hydrogen) atoms. The molecule has 0 saturated carbocycles. The van der Waals surface area contributed by atoms with Gasteiger partial charge in [-0.3, -0.25) is 14.0 Å². The van der Waals surface area contributed by atoms with Crippen molar-refractivity contribution in [1.29, 1.82) is 0 Å². The molecular weight excluding hydrogens is 272 g/mol. The number of aromatic amines is 1. The number of aromatic nitrogens is 4. The maximum absolute atomic E-state index is 11.2. The number of nitrogens with zero attached hydrogens (tertiary/aromatic N) is 3. The van der Waals surface area contributed by atoms with E-state index in [1.165, 1.54) is 23.6 Å². The molecule has 0 saturated heterocycles. The van der Waals surface area contributed by atoms with Gasteiger partial charge in [0.05, 0.1) is 0 Å². The highest BCUT2D eigenvalue weighted by Gasteiger charge is 2.14. The van der Waals surface area contributed by atoms with Crippen molar-refractivity contribution in [3.63, 3.8) is 0 Å². The van der Waals surface area contributed by atoms with Crippen LogP contribution in [-0.4, -0.2) is 25.6 Å². The molecule has 0 aliphatic rings. The van der Waals surface area contributed by atoms with Crippen LogP contribution in [0.2, 0.25) is 0 Å². The normalized spacial score (nSPS) is 10.9. The van der Waals surface area contributed by atoms with Crippen LogP contribution in [0.25, 0.3) is 4.96 Å². The van der Waals surface area contributed by atoms with Gasteiger partial charge in [-0.1, -0.05) is 0 Å². The predicted octanol–water partition coefficient (Wildman–Crippen LogP) is 1.44. The summed E-state index contributed by atoms with van der Waals surface area (Å²) in [4.78, 5) is 33.9. The average Bonchev–Trinajstić information content (AvgIpc) is 2.89. The van der Waals surface area contributed by atoms with Gasteiger partial charge >= 0.3 is 0 Å². The van der Waals surface area contributed by atoms with Crippen LogP contribution in [0.5, 0.6) is 0 Å². The first-order valence-electron chi connectivity index (χ1n) is 4.92. The topological polar surface area (TPSA) is 80.1 Å². The Morgan fingerprint density at radius 3 is 3.17 bits per heavy atom. The van der Waals surface area contributed by atoms with Crippen molar-refractivity contribution in [3.8, 4) is 0 Å². The van der Waals surface area contributed by atoms with Crippen molar-refractivity contribution in [2.75, 3.05) is 0 Å². The Morgan fingerprint density at radius 2 is 2.39 bits per heavy atom. The molecule has 8 heteroatoms. The first-order valence-corrected chi connectivity index (χ1v) is 6.61. The number of H-pyrrole nitrogens is 1. The van der Waals surface area contributed by atoms with Crippen LogP contribution < -0.4 is 5.56 Å². The molecule has 0 bridgehead atoms. The molecule has 0 unspecified atom stereocenters. The fraction of sp³-hybridized carbons (Fsp3) is 0. The summed E-state index contributed by atoms with van der Waals surface area (Å²) in [5, 5.41) is 2.80. The van der Waals surface area contributed by atoms with Crippen LogP contribution in [0.1, 0.15) is 10.5 Å². The van der Waals surface area contributed by atoms with E-state index in [1.54, 1.807) is 10.6 Å². The highest BCUT2D eigenvalue weighted by atomic mass is 32.2. The predicted molar refractivity (Wildman–Crippen MR) is 67.4 cm³/mol. The number of carbonyl (C=O) groups is 1. The lowest BCUT2D eigenvalue weighted by atomic mass is 10.5. The average molecular weight is 278 g/mol. The molecule has 0 aliphatic carbocycles. The fourth-order valence-electron chi connectivity index (χ4n) is 1.46. The van der Waals surface area contributed by atoms with Crippen molar-refractivity contribution in [2.45, 2.75) is 10.2 Å². The maximum atomic E-state index is 11.2. The quantitative estimate of drug-likeness (QED) is 0.579. The lowest BCUT2D eigenvalue weighted by molar-refractivity contribution is 0.111. The van der Waals surface area contributed by atoms with Gasteiger partial charge in [-0.2, -0.15) is 0 Å². The summed E-state index contributed by atoms with van der Waals surface area (Å²) in [7, 11) is 0. The van der Waals surface area contributed by atoms with Crippen LogP contribution in [0.4, 0.5) is 0 Å². The Labute approximate surface area is 109 Å². The number of nitrogens with one attached hydrogen (secondary N) is 1. The molecule has 90 valence electrons. The third-order valence-corrected chi connectivity index (χ3v) is 3.87. The summed E-state index contributed by atoms with van der Waals surface area (Å²) in [6.07, 6.45) is 3.94. The molecule has 3 heterocycles. The van der Waals surface area contributed by atoms with Gasteiger partial charge in [0.1, 0.15) is 10.7 Å². The van der Waals surface area contributed by atoms with E-state index >= 15 is 0 Å². The second-order valence-electron chi connectivity index (χ2n) is 3.32.